The van der Waals surface area contributed by atoms with Gasteiger partial charge in [0.25, 0.3) is 0 Å². The molecule has 0 fully saturated rings. The van der Waals surface area contributed by atoms with Gasteiger partial charge in [0.05, 0.1) is 13.2 Å². The van der Waals surface area contributed by atoms with Crippen LogP contribution in [-0.2, 0) is 25.7 Å². The fourth-order valence-corrected chi connectivity index (χ4v) is 3.87. The van der Waals surface area contributed by atoms with Crippen LogP contribution in [0.5, 0.6) is 11.5 Å². The van der Waals surface area contributed by atoms with Gasteiger partial charge in [0, 0.05) is 0 Å². The Morgan fingerprint density at radius 1 is 0.500 bits per heavy atom. The largest absolute Gasteiger partial charge is 0.494 e. The fourth-order valence-electron chi connectivity index (χ4n) is 3.87. The van der Waals surface area contributed by atoms with E-state index in [1.807, 2.05) is 13.8 Å². The first-order chi connectivity index (χ1) is 14.6. The first kappa shape index (κ1) is 22.0. The summed E-state index contributed by atoms with van der Waals surface area (Å²) < 4.78 is 11.1. The minimum atomic E-state index is 0.711. The van der Waals surface area contributed by atoms with Crippen molar-refractivity contribution in [2.45, 2.75) is 53.4 Å². The molecule has 0 unspecified atom stereocenters. The molecule has 0 amide bonds. The predicted octanol–water partition coefficient (Wildman–Crippen LogP) is 6.67. The minimum Gasteiger partial charge on any atom is -0.494 e. The molecular weight excluding hydrogens is 368 g/mol. The molecular formula is C28H34O2. The summed E-state index contributed by atoms with van der Waals surface area (Å²) in [6.07, 6.45) is 4.25. The van der Waals surface area contributed by atoms with E-state index in [0.29, 0.717) is 13.2 Å². The highest BCUT2D eigenvalue weighted by atomic mass is 16.5. The second-order valence-corrected chi connectivity index (χ2v) is 7.79. The van der Waals surface area contributed by atoms with Gasteiger partial charge in [0.15, 0.2) is 0 Å². The van der Waals surface area contributed by atoms with Crippen molar-refractivity contribution in [3.8, 4) is 11.5 Å². The molecule has 0 aliphatic rings. The number of benzene rings is 3. The maximum absolute atomic E-state index is 5.54. The minimum absolute atomic E-state index is 0.711. The van der Waals surface area contributed by atoms with Crippen LogP contribution in [0, 0.1) is 13.8 Å². The molecule has 0 saturated heterocycles. The zero-order chi connectivity index (χ0) is 21.3. The number of ether oxygens (including phenoxy) is 2. The van der Waals surface area contributed by atoms with Crippen molar-refractivity contribution in [3.63, 3.8) is 0 Å². The summed E-state index contributed by atoms with van der Waals surface area (Å²) in [5.41, 5.74) is 8.48. The summed E-state index contributed by atoms with van der Waals surface area (Å²) in [5.74, 6) is 1.90. The Morgan fingerprint density at radius 3 is 1.20 bits per heavy atom. The molecule has 0 aliphatic carbocycles. The van der Waals surface area contributed by atoms with Crippen molar-refractivity contribution in [2.24, 2.45) is 0 Å². The molecule has 2 heteroatoms. The lowest BCUT2D eigenvalue weighted by atomic mass is 9.91. The molecule has 0 heterocycles. The van der Waals surface area contributed by atoms with Crippen molar-refractivity contribution in [1.82, 2.24) is 0 Å². The molecule has 3 aromatic rings. The van der Waals surface area contributed by atoms with E-state index < -0.39 is 0 Å². The highest BCUT2D eigenvalue weighted by molar-refractivity contribution is 5.41. The second-order valence-electron chi connectivity index (χ2n) is 7.79. The molecule has 0 aliphatic heterocycles. The van der Waals surface area contributed by atoms with Crippen LogP contribution in [0.3, 0.4) is 0 Å². The lowest BCUT2D eigenvalue weighted by Crippen LogP contribution is -2.01. The first-order valence-electron chi connectivity index (χ1n) is 11.1. The van der Waals surface area contributed by atoms with Crippen LogP contribution in [0.1, 0.15) is 47.2 Å². The number of hydrogen-bond acceptors (Lipinski definition) is 2. The molecule has 30 heavy (non-hydrogen) atoms. The average molecular weight is 403 g/mol. The van der Waals surface area contributed by atoms with E-state index in [0.717, 1.165) is 37.2 Å². The number of rotatable bonds is 10. The van der Waals surface area contributed by atoms with Crippen molar-refractivity contribution >= 4 is 0 Å². The summed E-state index contributed by atoms with van der Waals surface area (Å²) >= 11 is 0. The van der Waals surface area contributed by atoms with E-state index in [1.165, 1.54) is 33.4 Å². The first-order valence-corrected chi connectivity index (χ1v) is 11.1. The Balaban J connectivity index is 1.59. The van der Waals surface area contributed by atoms with Gasteiger partial charge in [-0.2, -0.15) is 0 Å². The maximum Gasteiger partial charge on any atom is 0.119 e. The zero-order valence-electron chi connectivity index (χ0n) is 18.8. The Hall–Kier alpha value is -2.74. The summed E-state index contributed by atoms with van der Waals surface area (Å²) in [6, 6.07) is 21.6. The van der Waals surface area contributed by atoms with Gasteiger partial charge in [-0.3, -0.25) is 0 Å². The average Bonchev–Trinajstić information content (AvgIpc) is 2.76. The molecule has 0 N–H and O–H groups in total. The van der Waals surface area contributed by atoms with Crippen LogP contribution in [0.15, 0.2) is 60.7 Å². The lowest BCUT2D eigenvalue weighted by molar-refractivity contribution is 0.340. The van der Waals surface area contributed by atoms with Gasteiger partial charge < -0.3 is 9.47 Å². The van der Waals surface area contributed by atoms with Gasteiger partial charge in [-0.05, 0) is 111 Å². The highest BCUT2D eigenvalue weighted by Crippen LogP contribution is 2.22. The third kappa shape index (κ3) is 5.89. The Kier molecular flexibility index (Phi) is 7.96. The van der Waals surface area contributed by atoms with Crippen LogP contribution in [-0.4, -0.2) is 13.2 Å². The van der Waals surface area contributed by atoms with E-state index in [9.17, 15) is 0 Å². The van der Waals surface area contributed by atoms with Gasteiger partial charge in [-0.15, -0.1) is 0 Å². The summed E-state index contributed by atoms with van der Waals surface area (Å²) in [7, 11) is 0. The van der Waals surface area contributed by atoms with Crippen molar-refractivity contribution in [2.75, 3.05) is 13.2 Å². The Bertz CT molecular complexity index is 846. The van der Waals surface area contributed by atoms with E-state index in [2.05, 4.69) is 74.5 Å². The van der Waals surface area contributed by atoms with Gasteiger partial charge in [0.2, 0.25) is 0 Å². The summed E-state index contributed by atoms with van der Waals surface area (Å²) in [4.78, 5) is 0. The Morgan fingerprint density at radius 2 is 0.867 bits per heavy atom. The van der Waals surface area contributed by atoms with Crippen molar-refractivity contribution < 1.29 is 9.47 Å². The van der Waals surface area contributed by atoms with E-state index in [-0.39, 0.29) is 0 Å². The zero-order valence-corrected chi connectivity index (χ0v) is 18.8. The van der Waals surface area contributed by atoms with Crippen LogP contribution >= 0.6 is 0 Å². The summed E-state index contributed by atoms with van der Waals surface area (Å²) in [6.45, 7) is 9.99. The molecule has 0 spiro atoms. The van der Waals surface area contributed by atoms with Crippen molar-refractivity contribution in [3.05, 3.63) is 94.0 Å². The topological polar surface area (TPSA) is 18.5 Å². The number of aryl methyl sites for hydroxylation is 4. The standard InChI is InChI=1S/C28H34O2/c1-5-29-27-17-9-23(10-18-27)7-13-25-15-16-26(22(4)21(25)3)14-8-24-11-19-28(20-12-24)30-6-2/h9-12,15-20H,5-8,13-14H2,1-4H3. The normalized spacial score (nSPS) is 10.8. The number of hydrogen-bond donors (Lipinski definition) is 0. The third-order valence-electron chi connectivity index (χ3n) is 5.85. The van der Waals surface area contributed by atoms with Gasteiger partial charge in [-0.1, -0.05) is 36.4 Å². The van der Waals surface area contributed by atoms with Gasteiger partial charge in [0.1, 0.15) is 11.5 Å². The molecule has 0 bridgehead atoms. The van der Waals surface area contributed by atoms with Crippen LogP contribution in [0.4, 0.5) is 0 Å². The van der Waals surface area contributed by atoms with Crippen LogP contribution in [0.25, 0.3) is 0 Å². The highest BCUT2D eigenvalue weighted by Gasteiger charge is 2.08. The van der Waals surface area contributed by atoms with E-state index in [1.54, 1.807) is 0 Å². The smallest absolute Gasteiger partial charge is 0.119 e. The van der Waals surface area contributed by atoms with Gasteiger partial charge in [-0.25, -0.2) is 0 Å². The third-order valence-corrected chi connectivity index (χ3v) is 5.85. The molecule has 158 valence electrons. The molecule has 0 radical (unpaired) electrons. The van der Waals surface area contributed by atoms with E-state index in [4.69, 9.17) is 9.47 Å². The molecule has 3 rings (SSSR count). The second kappa shape index (κ2) is 10.9. The van der Waals surface area contributed by atoms with E-state index >= 15 is 0 Å². The SMILES string of the molecule is CCOc1ccc(CCc2ccc(CCc3ccc(OCC)cc3)c(C)c2C)cc1. The Labute approximate surface area is 181 Å². The molecule has 0 aromatic heterocycles. The monoisotopic (exact) mass is 402 g/mol. The maximum atomic E-state index is 5.54. The summed E-state index contributed by atoms with van der Waals surface area (Å²) in [5, 5.41) is 0. The molecule has 3 aromatic carbocycles. The van der Waals surface area contributed by atoms with Crippen LogP contribution in [0.2, 0.25) is 0 Å². The lowest BCUT2D eigenvalue weighted by Gasteiger charge is -2.14. The predicted molar refractivity (Wildman–Crippen MR) is 126 cm³/mol. The molecule has 0 atom stereocenters. The van der Waals surface area contributed by atoms with Crippen molar-refractivity contribution in [1.29, 1.82) is 0 Å². The fraction of sp³-hybridized carbons (Fsp3) is 0.357. The molecule has 0 saturated carbocycles. The quantitative estimate of drug-likeness (QED) is 0.377. The van der Waals surface area contributed by atoms with Gasteiger partial charge >= 0.3 is 0 Å². The van der Waals surface area contributed by atoms with Crippen LogP contribution < -0.4 is 9.47 Å². The molecule has 2 nitrogen and oxygen atoms in total.